The molecular weight excluding hydrogens is 320 g/mol. The molecule has 0 unspecified atom stereocenters. The second-order valence-corrected chi connectivity index (χ2v) is 7.08. The molecule has 2 heterocycles. The molecule has 0 saturated carbocycles. The summed E-state index contributed by atoms with van der Waals surface area (Å²) in [5.41, 5.74) is 9.13. The maximum Gasteiger partial charge on any atom is 0.229 e. The van der Waals surface area contributed by atoms with Crippen LogP contribution in [0.2, 0.25) is 0 Å². The van der Waals surface area contributed by atoms with Crippen LogP contribution in [0.15, 0.2) is 40.8 Å². The van der Waals surface area contributed by atoms with Crippen molar-refractivity contribution in [2.45, 2.75) is 27.7 Å². The Morgan fingerprint density at radius 1 is 0.962 bits per heavy atom. The lowest BCUT2D eigenvalue weighted by atomic mass is 9.96. The van der Waals surface area contributed by atoms with Crippen LogP contribution in [0.4, 0.5) is 5.69 Å². The molecule has 0 radical (unpaired) electrons. The predicted molar refractivity (Wildman–Crippen MR) is 106 cm³/mol. The highest BCUT2D eigenvalue weighted by Gasteiger charge is 2.24. The molecule has 0 aliphatic rings. The fourth-order valence-electron chi connectivity index (χ4n) is 3.94. The quantitative estimate of drug-likeness (QED) is 0.314. The first-order chi connectivity index (χ1) is 12.4. The third-order valence-corrected chi connectivity index (χ3v) is 5.21. The molecular formula is C23H21N2O+. The van der Waals surface area contributed by atoms with Gasteiger partial charge in [-0.15, -0.1) is 0 Å². The Bertz CT molecular complexity index is 1240. The Morgan fingerprint density at radius 2 is 1.73 bits per heavy atom. The highest BCUT2D eigenvalue weighted by Crippen LogP contribution is 2.41. The average Bonchev–Trinajstić information content (AvgIpc) is 2.98. The molecule has 0 N–H and O–H groups in total. The molecule has 3 nitrogen and oxygen atoms in total. The van der Waals surface area contributed by atoms with Gasteiger partial charge in [-0.1, -0.05) is 24.3 Å². The summed E-state index contributed by atoms with van der Waals surface area (Å²) in [7, 11) is 2.09. The smallest absolute Gasteiger partial charge is 0.229 e. The molecule has 0 saturated heterocycles. The van der Waals surface area contributed by atoms with Crippen molar-refractivity contribution < 1.29 is 8.98 Å². The minimum absolute atomic E-state index is 0.562. The summed E-state index contributed by atoms with van der Waals surface area (Å²) in [4.78, 5) is 3.65. The fraction of sp³-hybridized carbons (Fsp3) is 0.217. The SMILES string of the molecule is [C-]#[N+]c1cccc2c1oc1c(-c3cc(C)cc(C)[n+]3C)c(C)cc(C)c12. The van der Waals surface area contributed by atoms with E-state index < -0.39 is 0 Å². The van der Waals surface area contributed by atoms with Crippen LogP contribution in [0.25, 0.3) is 38.0 Å². The largest absolute Gasteiger partial charge is 0.466 e. The molecule has 4 rings (SSSR count). The average molecular weight is 341 g/mol. The zero-order valence-electron chi connectivity index (χ0n) is 15.8. The van der Waals surface area contributed by atoms with Crippen LogP contribution >= 0.6 is 0 Å². The van der Waals surface area contributed by atoms with Gasteiger partial charge in [-0.2, -0.15) is 4.57 Å². The van der Waals surface area contributed by atoms with Crippen molar-refractivity contribution in [2.24, 2.45) is 7.05 Å². The number of hydrogen-bond donors (Lipinski definition) is 0. The standard InChI is InChI=1S/C23H21N2O/c1-13-10-16(4)25(6)19(11-13)21-15(3)12-14(2)20-17-8-7-9-18(24-5)22(17)26-23(20)21/h7-12H,1-4,6H3/q+1. The zero-order chi connectivity index (χ0) is 18.6. The van der Waals surface area contributed by atoms with Gasteiger partial charge in [0.1, 0.15) is 18.2 Å². The van der Waals surface area contributed by atoms with E-state index in [1.807, 2.05) is 18.2 Å². The third-order valence-electron chi connectivity index (χ3n) is 5.21. The van der Waals surface area contributed by atoms with Crippen molar-refractivity contribution in [3.8, 4) is 11.3 Å². The van der Waals surface area contributed by atoms with Crippen LogP contribution < -0.4 is 4.57 Å². The molecule has 26 heavy (non-hydrogen) atoms. The molecule has 3 heteroatoms. The van der Waals surface area contributed by atoms with E-state index in [1.54, 1.807) is 0 Å². The van der Waals surface area contributed by atoms with Gasteiger partial charge >= 0.3 is 0 Å². The van der Waals surface area contributed by atoms with E-state index in [-0.39, 0.29) is 0 Å². The second-order valence-electron chi connectivity index (χ2n) is 7.08. The van der Waals surface area contributed by atoms with E-state index in [2.05, 4.69) is 62.4 Å². The van der Waals surface area contributed by atoms with E-state index in [0.717, 1.165) is 27.6 Å². The Balaban J connectivity index is 2.23. The van der Waals surface area contributed by atoms with Crippen molar-refractivity contribution in [3.63, 3.8) is 0 Å². The highest BCUT2D eigenvalue weighted by atomic mass is 16.3. The topological polar surface area (TPSA) is 21.4 Å². The van der Waals surface area contributed by atoms with Crippen molar-refractivity contribution in [1.29, 1.82) is 0 Å². The molecule has 2 aromatic heterocycles. The number of hydrogen-bond acceptors (Lipinski definition) is 1. The maximum absolute atomic E-state index is 7.46. The van der Waals surface area contributed by atoms with E-state index >= 15 is 0 Å². The van der Waals surface area contributed by atoms with E-state index in [9.17, 15) is 0 Å². The number of furan rings is 1. The van der Waals surface area contributed by atoms with Gasteiger partial charge in [0.15, 0.2) is 5.69 Å². The van der Waals surface area contributed by atoms with Crippen LogP contribution in [0, 0.1) is 34.3 Å². The molecule has 4 aromatic rings. The monoisotopic (exact) mass is 341 g/mol. The number of aromatic nitrogens is 1. The summed E-state index contributed by atoms with van der Waals surface area (Å²) in [6.07, 6.45) is 0. The lowest BCUT2D eigenvalue weighted by molar-refractivity contribution is -0.666. The molecule has 0 aliphatic heterocycles. The van der Waals surface area contributed by atoms with Gasteiger partial charge in [0.2, 0.25) is 11.4 Å². The minimum atomic E-state index is 0.562. The van der Waals surface area contributed by atoms with Gasteiger partial charge in [-0.25, -0.2) is 4.85 Å². The highest BCUT2D eigenvalue weighted by molar-refractivity contribution is 6.14. The van der Waals surface area contributed by atoms with Crippen molar-refractivity contribution in [2.75, 3.05) is 0 Å². The summed E-state index contributed by atoms with van der Waals surface area (Å²) >= 11 is 0. The van der Waals surface area contributed by atoms with E-state index in [4.69, 9.17) is 11.0 Å². The molecule has 0 amide bonds. The molecule has 0 atom stereocenters. The molecule has 2 aromatic carbocycles. The number of benzene rings is 2. The number of pyridine rings is 1. The van der Waals surface area contributed by atoms with Crippen molar-refractivity contribution in [1.82, 2.24) is 0 Å². The number of aryl methyl sites for hydroxylation is 4. The first-order valence-corrected chi connectivity index (χ1v) is 8.73. The van der Waals surface area contributed by atoms with Gasteiger partial charge < -0.3 is 4.42 Å². The van der Waals surface area contributed by atoms with Crippen LogP contribution in [-0.4, -0.2) is 0 Å². The van der Waals surface area contributed by atoms with Gasteiger partial charge in [-0.3, -0.25) is 0 Å². The normalized spacial score (nSPS) is 11.2. The van der Waals surface area contributed by atoms with Gasteiger partial charge in [0, 0.05) is 29.8 Å². The first-order valence-electron chi connectivity index (χ1n) is 8.73. The lowest BCUT2D eigenvalue weighted by Gasteiger charge is -2.10. The van der Waals surface area contributed by atoms with Crippen LogP contribution in [0.1, 0.15) is 22.4 Å². The Labute approximate surface area is 153 Å². The molecule has 128 valence electrons. The summed E-state index contributed by atoms with van der Waals surface area (Å²) in [6.45, 7) is 15.9. The summed E-state index contributed by atoms with van der Waals surface area (Å²) in [6, 6.07) is 12.4. The van der Waals surface area contributed by atoms with Gasteiger partial charge in [0.05, 0.1) is 12.1 Å². The lowest BCUT2D eigenvalue weighted by Crippen LogP contribution is -2.35. The Morgan fingerprint density at radius 3 is 2.46 bits per heavy atom. The summed E-state index contributed by atoms with van der Waals surface area (Å²) < 4.78 is 8.53. The predicted octanol–water partition coefficient (Wildman–Crippen LogP) is 5.86. The Kier molecular flexibility index (Phi) is 3.59. The van der Waals surface area contributed by atoms with Gasteiger partial charge in [-0.05, 0) is 37.5 Å². The molecule has 0 fully saturated rings. The molecule has 0 aliphatic carbocycles. The van der Waals surface area contributed by atoms with E-state index in [0.29, 0.717) is 11.3 Å². The first kappa shape index (κ1) is 16.4. The molecule has 0 spiro atoms. The number of fused-ring (bicyclic) bond motifs is 3. The second kappa shape index (κ2) is 5.71. The fourth-order valence-corrected chi connectivity index (χ4v) is 3.94. The minimum Gasteiger partial charge on any atom is -0.466 e. The Hall–Kier alpha value is -3.12. The molecule has 0 bridgehead atoms. The number of rotatable bonds is 1. The maximum atomic E-state index is 7.46. The summed E-state index contributed by atoms with van der Waals surface area (Å²) in [5.74, 6) is 0. The number of para-hydroxylation sites is 1. The van der Waals surface area contributed by atoms with E-state index in [1.165, 1.54) is 22.4 Å². The van der Waals surface area contributed by atoms with Crippen molar-refractivity contribution >= 4 is 27.6 Å². The van der Waals surface area contributed by atoms with Crippen LogP contribution in [0.3, 0.4) is 0 Å². The van der Waals surface area contributed by atoms with Crippen LogP contribution in [0.5, 0.6) is 0 Å². The zero-order valence-corrected chi connectivity index (χ0v) is 15.8. The summed E-state index contributed by atoms with van der Waals surface area (Å²) in [5, 5.41) is 2.12. The third kappa shape index (κ3) is 2.23. The van der Waals surface area contributed by atoms with Crippen molar-refractivity contribution in [3.05, 3.63) is 70.2 Å². The van der Waals surface area contributed by atoms with Crippen LogP contribution in [-0.2, 0) is 7.05 Å². The number of nitrogens with zero attached hydrogens (tertiary/aromatic N) is 2. The van der Waals surface area contributed by atoms with Gasteiger partial charge in [0.25, 0.3) is 0 Å².